The fourth-order valence-corrected chi connectivity index (χ4v) is 2.40. The van der Waals surface area contributed by atoms with Crippen molar-refractivity contribution >= 4 is 23.2 Å². The second-order valence-electron chi connectivity index (χ2n) is 4.69. The van der Waals surface area contributed by atoms with Gasteiger partial charge in [0.15, 0.2) is 5.75 Å². The minimum Gasteiger partial charge on any atom is -0.497 e. The second-order valence-corrected chi connectivity index (χ2v) is 5.06. The number of hydrogen-bond acceptors (Lipinski definition) is 5. The topological polar surface area (TPSA) is 64.5 Å². The van der Waals surface area contributed by atoms with Gasteiger partial charge in [-0.2, -0.15) is 5.10 Å². The highest BCUT2D eigenvalue weighted by Crippen LogP contribution is 2.39. The molecule has 7 heteroatoms. The van der Waals surface area contributed by atoms with Crippen LogP contribution in [0.2, 0.25) is 0 Å². The van der Waals surface area contributed by atoms with Crippen molar-refractivity contribution < 1.29 is 14.3 Å². The third-order valence-corrected chi connectivity index (χ3v) is 3.61. The maximum atomic E-state index is 12.8. The average molecular weight is 320 g/mol. The molecule has 0 N–H and O–H groups in total. The Balaban J connectivity index is 2.13. The summed E-state index contributed by atoms with van der Waals surface area (Å²) in [6.07, 6.45) is 2.13. The summed E-state index contributed by atoms with van der Waals surface area (Å²) in [6, 6.07) is 6.88. The lowest BCUT2D eigenvalue weighted by molar-refractivity contribution is 0.0986. The van der Waals surface area contributed by atoms with E-state index in [1.807, 2.05) is 0 Å². The van der Waals surface area contributed by atoms with Crippen molar-refractivity contribution in [1.29, 1.82) is 0 Å². The number of amides is 1. The van der Waals surface area contributed by atoms with E-state index in [9.17, 15) is 4.79 Å². The Morgan fingerprint density at radius 3 is 3.00 bits per heavy atom. The fourth-order valence-electron chi connectivity index (χ4n) is 2.28. The number of nitrogens with zero attached hydrogens (tertiary/aromatic N) is 3. The predicted molar refractivity (Wildman–Crippen MR) is 82.1 cm³/mol. The third kappa shape index (κ3) is 2.57. The molecule has 0 bridgehead atoms. The molecule has 1 aliphatic rings. The summed E-state index contributed by atoms with van der Waals surface area (Å²) in [7, 11) is 1.57. The van der Waals surface area contributed by atoms with Gasteiger partial charge in [0.25, 0.3) is 11.8 Å². The Hall–Kier alpha value is -2.34. The SMILES string of the molecule is COc1ccc2c(c1)N(CCCCl)C(=O)c1ccnnc1O2. The largest absolute Gasteiger partial charge is 0.497 e. The van der Waals surface area contributed by atoms with Gasteiger partial charge in [0, 0.05) is 18.5 Å². The molecule has 6 nitrogen and oxygen atoms in total. The number of carbonyl (C=O) groups is 1. The molecule has 0 unspecified atom stereocenters. The van der Waals surface area contributed by atoms with Crippen molar-refractivity contribution in [3.8, 4) is 17.4 Å². The van der Waals surface area contributed by atoms with Crippen LogP contribution in [-0.2, 0) is 0 Å². The van der Waals surface area contributed by atoms with E-state index in [0.717, 1.165) is 0 Å². The van der Waals surface area contributed by atoms with Gasteiger partial charge in [0.1, 0.15) is 11.3 Å². The molecular weight excluding hydrogens is 306 g/mol. The van der Waals surface area contributed by atoms with Crippen LogP contribution in [-0.4, -0.2) is 35.6 Å². The van der Waals surface area contributed by atoms with Crippen LogP contribution in [0.1, 0.15) is 16.8 Å². The van der Waals surface area contributed by atoms with E-state index in [0.29, 0.717) is 41.6 Å². The molecule has 0 fully saturated rings. The van der Waals surface area contributed by atoms with E-state index in [-0.39, 0.29) is 11.8 Å². The molecule has 0 saturated carbocycles. The zero-order chi connectivity index (χ0) is 15.5. The highest BCUT2D eigenvalue weighted by molar-refractivity contribution is 6.18. The monoisotopic (exact) mass is 319 g/mol. The Bertz CT molecular complexity index is 708. The Morgan fingerprint density at radius 2 is 2.23 bits per heavy atom. The number of halogens is 1. The van der Waals surface area contributed by atoms with Gasteiger partial charge in [-0.25, -0.2) is 0 Å². The lowest BCUT2D eigenvalue weighted by Crippen LogP contribution is -2.31. The standard InChI is InChI=1S/C15H14ClN3O3/c1-21-10-3-4-13-12(9-10)19(8-2-6-16)15(20)11-5-7-17-18-14(11)22-13/h3-5,7,9H,2,6,8H2,1H3. The molecule has 1 aromatic heterocycles. The third-order valence-electron chi connectivity index (χ3n) is 3.34. The Kier molecular flexibility index (Phi) is 4.11. The quantitative estimate of drug-likeness (QED) is 0.811. The van der Waals surface area contributed by atoms with Crippen LogP contribution in [0.3, 0.4) is 0 Å². The molecule has 1 aromatic carbocycles. The highest BCUT2D eigenvalue weighted by Gasteiger charge is 2.29. The van der Waals surface area contributed by atoms with Gasteiger partial charge in [-0.15, -0.1) is 16.7 Å². The molecule has 1 aliphatic heterocycles. The molecule has 0 atom stereocenters. The first-order valence-electron chi connectivity index (χ1n) is 6.80. The Labute approximate surface area is 132 Å². The molecule has 114 valence electrons. The number of alkyl halides is 1. The van der Waals surface area contributed by atoms with Gasteiger partial charge in [0.05, 0.1) is 19.0 Å². The molecular formula is C15H14ClN3O3. The zero-order valence-corrected chi connectivity index (χ0v) is 12.7. The molecule has 0 spiro atoms. The summed E-state index contributed by atoms with van der Waals surface area (Å²) in [5.41, 5.74) is 1.01. The zero-order valence-electron chi connectivity index (χ0n) is 12.0. The maximum Gasteiger partial charge on any atom is 0.264 e. The minimum absolute atomic E-state index is 0.193. The van der Waals surface area contributed by atoms with Crippen LogP contribution in [0.4, 0.5) is 5.69 Å². The van der Waals surface area contributed by atoms with Crippen molar-refractivity contribution in [3.63, 3.8) is 0 Å². The van der Waals surface area contributed by atoms with Gasteiger partial charge >= 0.3 is 0 Å². The smallest absolute Gasteiger partial charge is 0.264 e. The van der Waals surface area contributed by atoms with Gasteiger partial charge in [-0.05, 0) is 24.6 Å². The molecule has 22 heavy (non-hydrogen) atoms. The molecule has 0 radical (unpaired) electrons. The number of fused-ring (bicyclic) bond motifs is 2. The number of benzene rings is 1. The van der Waals surface area contributed by atoms with Crippen molar-refractivity contribution in [1.82, 2.24) is 10.2 Å². The van der Waals surface area contributed by atoms with Gasteiger partial charge in [-0.1, -0.05) is 0 Å². The lowest BCUT2D eigenvalue weighted by atomic mass is 10.2. The number of anilines is 1. The van der Waals surface area contributed by atoms with Gasteiger partial charge in [-0.3, -0.25) is 4.79 Å². The van der Waals surface area contributed by atoms with Crippen LogP contribution in [0.5, 0.6) is 17.4 Å². The van der Waals surface area contributed by atoms with Crippen molar-refractivity contribution in [2.75, 3.05) is 24.4 Å². The van der Waals surface area contributed by atoms with E-state index in [2.05, 4.69) is 10.2 Å². The van der Waals surface area contributed by atoms with E-state index >= 15 is 0 Å². The summed E-state index contributed by atoms with van der Waals surface area (Å²) in [6.45, 7) is 0.480. The van der Waals surface area contributed by atoms with Gasteiger partial charge in [0.2, 0.25) is 0 Å². The van der Waals surface area contributed by atoms with Crippen LogP contribution in [0.25, 0.3) is 0 Å². The predicted octanol–water partition coefficient (Wildman–Crippen LogP) is 2.87. The number of methoxy groups -OCH3 is 1. The lowest BCUT2D eigenvalue weighted by Gasteiger charge is -2.22. The van der Waals surface area contributed by atoms with Gasteiger partial charge < -0.3 is 14.4 Å². The Morgan fingerprint density at radius 1 is 1.36 bits per heavy atom. The number of ether oxygens (including phenoxy) is 2. The number of hydrogen-bond donors (Lipinski definition) is 0. The van der Waals surface area contributed by atoms with E-state index in [1.165, 1.54) is 6.20 Å². The first kappa shape index (κ1) is 14.6. The first-order chi connectivity index (χ1) is 10.7. The summed E-state index contributed by atoms with van der Waals surface area (Å²) in [4.78, 5) is 14.4. The highest BCUT2D eigenvalue weighted by atomic mass is 35.5. The van der Waals surface area contributed by atoms with E-state index < -0.39 is 0 Å². The van der Waals surface area contributed by atoms with Crippen LogP contribution < -0.4 is 14.4 Å². The average Bonchev–Trinajstić information content (AvgIpc) is 2.67. The van der Waals surface area contributed by atoms with Crippen LogP contribution in [0.15, 0.2) is 30.5 Å². The molecule has 3 rings (SSSR count). The molecule has 2 heterocycles. The van der Waals surface area contributed by atoms with Crippen LogP contribution in [0, 0.1) is 0 Å². The summed E-state index contributed by atoms with van der Waals surface area (Å²) < 4.78 is 11.0. The van der Waals surface area contributed by atoms with Crippen molar-refractivity contribution in [2.45, 2.75) is 6.42 Å². The number of aromatic nitrogens is 2. The molecule has 0 saturated heterocycles. The van der Waals surface area contributed by atoms with Crippen molar-refractivity contribution in [2.24, 2.45) is 0 Å². The molecule has 0 aliphatic carbocycles. The second kappa shape index (κ2) is 6.19. The number of rotatable bonds is 4. The van der Waals surface area contributed by atoms with E-state index in [4.69, 9.17) is 21.1 Å². The summed E-state index contributed by atoms with van der Waals surface area (Å²) in [5, 5.41) is 7.69. The summed E-state index contributed by atoms with van der Waals surface area (Å²) in [5.74, 6) is 1.64. The van der Waals surface area contributed by atoms with E-state index in [1.54, 1.807) is 36.3 Å². The van der Waals surface area contributed by atoms with Crippen LogP contribution >= 0.6 is 11.6 Å². The molecule has 2 aromatic rings. The molecule has 1 amide bonds. The summed E-state index contributed by atoms with van der Waals surface area (Å²) >= 11 is 5.78. The van der Waals surface area contributed by atoms with Crippen molar-refractivity contribution in [3.05, 3.63) is 36.0 Å². The normalized spacial score (nSPS) is 13.0. The minimum atomic E-state index is -0.193. The maximum absolute atomic E-state index is 12.8. The fraction of sp³-hybridized carbons (Fsp3) is 0.267. The number of carbonyl (C=O) groups excluding carboxylic acids is 1. The first-order valence-corrected chi connectivity index (χ1v) is 7.33.